The predicted octanol–water partition coefficient (Wildman–Crippen LogP) is 5.38. The van der Waals surface area contributed by atoms with E-state index in [1.807, 2.05) is 66.7 Å². The van der Waals surface area contributed by atoms with Crippen molar-refractivity contribution in [2.45, 2.75) is 13.5 Å². The molecule has 6 nitrogen and oxygen atoms in total. The van der Waals surface area contributed by atoms with Crippen molar-refractivity contribution < 1.29 is 14.3 Å². The summed E-state index contributed by atoms with van der Waals surface area (Å²) in [5.41, 5.74) is 11.9. The Morgan fingerprint density at radius 1 is 0.971 bits per heavy atom. The molecule has 5 rings (SSSR count). The van der Waals surface area contributed by atoms with Gasteiger partial charge in [0.1, 0.15) is 5.75 Å². The molecule has 0 aliphatic heterocycles. The first-order valence-corrected chi connectivity index (χ1v) is 11.2. The molecule has 0 spiro atoms. The highest BCUT2D eigenvalue weighted by Crippen LogP contribution is 2.35. The number of carbonyl (C=O) groups is 2. The van der Waals surface area contributed by atoms with Crippen LogP contribution in [0.3, 0.4) is 0 Å². The zero-order valence-corrected chi connectivity index (χ0v) is 19.5. The number of nitrogens with one attached hydrogen (secondary N) is 1. The zero-order valence-electron chi connectivity index (χ0n) is 19.5. The second-order valence-electron chi connectivity index (χ2n) is 8.41. The third-order valence-corrected chi connectivity index (χ3v) is 6.10. The number of nitrogens with two attached hydrogens (primary N) is 1. The van der Waals surface area contributed by atoms with Crippen LogP contribution < -0.4 is 15.8 Å². The van der Waals surface area contributed by atoms with Gasteiger partial charge in [-0.15, -0.1) is 0 Å². The number of hydrogen-bond donors (Lipinski definition) is 2. The lowest BCUT2D eigenvalue weighted by atomic mass is 10.0. The van der Waals surface area contributed by atoms with Crippen LogP contribution in [0.1, 0.15) is 22.8 Å². The number of rotatable bonds is 6. The summed E-state index contributed by atoms with van der Waals surface area (Å²) in [6, 6.07) is 28.7. The number of ether oxygens (including phenoxy) is 1. The molecular weight excluding hydrogens is 438 g/mol. The Hall–Kier alpha value is -4.58. The molecule has 3 N–H and O–H groups in total. The summed E-state index contributed by atoms with van der Waals surface area (Å²) in [6.45, 7) is 2.06. The van der Waals surface area contributed by atoms with Crippen LogP contribution in [0.4, 0.5) is 5.69 Å². The standard InChI is InChI=1S/C29H24N3O3/c1-18(33)31-22-11-6-19(7-12-22)17-32-26-5-3-4-25(29(30)34)28(26)24-15-10-21(16-27(24)32)20-8-13-23(35-2)14-9-20/h3-14,16H,17H2,1-2H3,(H2,30,34)(H,31,33). The first-order valence-electron chi connectivity index (χ1n) is 11.2. The van der Waals surface area contributed by atoms with Gasteiger partial charge in [0, 0.05) is 35.5 Å². The van der Waals surface area contributed by atoms with Crippen LogP contribution in [-0.4, -0.2) is 23.5 Å². The Balaban J connectivity index is 1.67. The molecule has 2 amide bonds. The molecule has 35 heavy (non-hydrogen) atoms. The van der Waals surface area contributed by atoms with Crippen LogP contribution in [-0.2, 0) is 11.3 Å². The molecule has 4 aromatic carbocycles. The number of amides is 2. The number of fused-ring (bicyclic) bond motifs is 3. The highest BCUT2D eigenvalue weighted by molar-refractivity contribution is 6.18. The van der Waals surface area contributed by atoms with Crippen molar-refractivity contribution >= 4 is 39.3 Å². The van der Waals surface area contributed by atoms with Crippen molar-refractivity contribution in [1.29, 1.82) is 0 Å². The molecule has 173 valence electrons. The molecule has 0 bridgehead atoms. The summed E-state index contributed by atoms with van der Waals surface area (Å²) >= 11 is 0. The fourth-order valence-corrected chi connectivity index (χ4v) is 4.46. The van der Waals surface area contributed by atoms with Gasteiger partial charge in [0.15, 0.2) is 0 Å². The maximum atomic E-state index is 12.3. The normalized spacial score (nSPS) is 11.0. The molecule has 1 heterocycles. The molecular formula is C29H24N3O3. The summed E-state index contributed by atoms with van der Waals surface area (Å²) in [7, 11) is 1.65. The first-order chi connectivity index (χ1) is 16.9. The maximum Gasteiger partial charge on any atom is 0.249 e. The predicted molar refractivity (Wildman–Crippen MR) is 139 cm³/mol. The molecule has 0 saturated carbocycles. The number of anilines is 1. The van der Waals surface area contributed by atoms with Crippen molar-refractivity contribution in [3.63, 3.8) is 0 Å². The van der Waals surface area contributed by atoms with E-state index in [-0.39, 0.29) is 5.91 Å². The number of nitrogens with zero attached hydrogens (tertiary/aromatic N) is 1. The summed E-state index contributed by atoms with van der Waals surface area (Å²) in [4.78, 5) is 23.6. The van der Waals surface area contributed by atoms with Gasteiger partial charge in [0.2, 0.25) is 11.8 Å². The third kappa shape index (κ3) is 4.22. The fourth-order valence-electron chi connectivity index (χ4n) is 4.46. The van der Waals surface area contributed by atoms with E-state index in [2.05, 4.69) is 22.0 Å². The number of hydrogen-bond acceptors (Lipinski definition) is 3. The highest BCUT2D eigenvalue weighted by atomic mass is 16.5. The first kappa shape index (κ1) is 22.2. The molecule has 0 unspecified atom stereocenters. The monoisotopic (exact) mass is 462 g/mol. The van der Waals surface area contributed by atoms with E-state index in [1.165, 1.54) is 6.92 Å². The van der Waals surface area contributed by atoms with E-state index in [1.54, 1.807) is 13.2 Å². The van der Waals surface area contributed by atoms with Crippen LogP contribution in [0.15, 0.2) is 78.9 Å². The maximum absolute atomic E-state index is 12.3. The quantitative estimate of drug-likeness (QED) is 0.355. The van der Waals surface area contributed by atoms with Gasteiger partial charge >= 0.3 is 0 Å². The number of carbonyl (C=O) groups excluding carboxylic acids is 2. The lowest BCUT2D eigenvalue weighted by Crippen LogP contribution is -2.11. The molecule has 0 saturated heterocycles. The van der Waals surface area contributed by atoms with E-state index in [0.29, 0.717) is 12.1 Å². The van der Waals surface area contributed by atoms with Gasteiger partial charge in [-0.25, -0.2) is 0 Å². The van der Waals surface area contributed by atoms with E-state index in [0.717, 1.165) is 49.9 Å². The molecule has 5 aromatic rings. The largest absolute Gasteiger partial charge is 0.497 e. The minimum absolute atomic E-state index is 0.110. The van der Waals surface area contributed by atoms with Gasteiger partial charge in [-0.05, 0) is 71.3 Å². The summed E-state index contributed by atoms with van der Waals surface area (Å²) in [5.74, 6) is 0.212. The van der Waals surface area contributed by atoms with E-state index < -0.39 is 5.91 Å². The molecule has 0 fully saturated rings. The summed E-state index contributed by atoms with van der Waals surface area (Å²) in [6.07, 6.45) is 0. The second-order valence-corrected chi connectivity index (χ2v) is 8.41. The Labute approximate surface area is 202 Å². The van der Waals surface area contributed by atoms with Gasteiger partial charge in [-0.1, -0.05) is 30.3 Å². The molecule has 0 atom stereocenters. The van der Waals surface area contributed by atoms with Crippen LogP contribution in [0, 0.1) is 6.07 Å². The van der Waals surface area contributed by atoms with Gasteiger partial charge in [-0.3, -0.25) is 9.59 Å². The Morgan fingerprint density at radius 2 is 1.71 bits per heavy atom. The number of methoxy groups -OCH3 is 1. The van der Waals surface area contributed by atoms with Crippen LogP contribution in [0.25, 0.3) is 32.9 Å². The Morgan fingerprint density at radius 3 is 2.37 bits per heavy atom. The number of benzene rings is 4. The van der Waals surface area contributed by atoms with E-state index in [4.69, 9.17) is 10.5 Å². The molecule has 6 heteroatoms. The van der Waals surface area contributed by atoms with Crippen molar-refractivity contribution in [2.24, 2.45) is 5.73 Å². The summed E-state index contributed by atoms with van der Waals surface area (Å²) < 4.78 is 7.46. The lowest BCUT2D eigenvalue weighted by Gasteiger charge is -2.10. The van der Waals surface area contributed by atoms with Crippen molar-refractivity contribution in [1.82, 2.24) is 4.57 Å². The van der Waals surface area contributed by atoms with E-state index in [9.17, 15) is 9.59 Å². The SMILES string of the molecule is COc1ccc(-c2c[c]c3c4c(C(N)=O)cccc4n(Cc4ccc(NC(C)=O)cc4)c3c2)cc1. The van der Waals surface area contributed by atoms with Gasteiger partial charge in [0.25, 0.3) is 0 Å². The Bertz CT molecular complexity index is 1570. The van der Waals surface area contributed by atoms with E-state index >= 15 is 0 Å². The molecule has 1 radical (unpaired) electrons. The lowest BCUT2D eigenvalue weighted by molar-refractivity contribution is -0.114. The molecule has 0 aliphatic rings. The topological polar surface area (TPSA) is 86.3 Å². The average Bonchev–Trinajstić information content (AvgIpc) is 3.17. The highest BCUT2D eigenvalue weighted by Gasteiger charge is 2.17. The number of primary amides is 1. The van der Waals surface area contributed by atoms with Gasteiger partial charge in [-0.2, -0.15) is 0 Å². The Kier molecular flexibility index (Phi) is 5.71. The van der Waals surface area contributed by atoms with Gasteiger partial charge < -0.3 is 20.4 Å². The van der Waals surface area contributed by atoms with Crippen molar-refractivity contribution in [3.05, 3.63) is 96.1 Å². The zero-order chi connectivity index (χ0) is 24.5. The second kappa shape index (κ2) is 8.99. The molecule has 0 aliphatic carbocycles. The van der Waals surface area contributed by atoms with Crippen LogP contribution in [0.5, 0.6) is 5.75 Å². The minimum Gasteiger partial charge on any atom is -0.497 e. The number of aromatic nitrogens is 1. The summed E-state index contributed by atoms with van der Waals surface area (Å²) in [5, 5.41) is 4.44. The average molecular weight is 463 g/mol. The fraction of sp³-hybridized carbons (Fsp3) is 0.103. The molecule has 1 aromatic heterocycles. The van der Waals surface area contributed by atoms with Gasteiger partial charge in [0.05, 0.1) is 18.1 Å². The minimum atomic E-state index is -0.470. The smallest absolute Gasteiger partial charge is 0.249 e. The van der Waals surface area contributed by atoms with Crippen molar-refractivity contribution in [2.75, 3.05) is 12.4 Å². The van der Waals surface area contributed by atoms with Crippen molar-refractivity contribution in [3.8, 4) is 16.9 Å². The third-order valence-electron chi connectivity index (χ3n) is 6.10. The van der Waals surface area contributed by atoms with Crippen LogP contribution in [0.2, 0.25) is 0 Å². The van der Waals surface area contributed by atoms with Crippen LogP contribution >= 0.6 is 0 Å².